The average Bonchev–Trinajstić information content (AvgIpc) is 2.73. The van der Waals surface area contributed by atoms with Crippen molar-refractivity contribution >= 4 is 22.8 Å². The van der Waals surface area contributed by atoms with E-state index in [1.165, 1.54) is 6.08 Å². The summed E-state index contributed by atoms with van der Waals surface area (Å²) in [7, 11) is 0. The van der Waals surface area contributed by atoms with Crippen molar-refractivity contribution in [2.45, 2.75) is 0 Å². The van der Waals surface area contributed by atoms with E-state index in [-0.39, 0.29) is 5.75 Å². The number of carbonyl (C=O) groups is 1. The van der Waals surface area contributed by atoms with E-state index in [1.807, 2.05) is 42.5 Å². The van der Waals surface area contributed by atoms with Gasteiger partial charge in [-0.25, -0.2) is 4.79 Å². The molecule has 0 spiro atoms. The number of rotatable bonds is 5. The van der Waals surface area contributed by atoms with E-state index in [2.05, 4.69) is 0 Å². The number of carboxylic acid groups (broad SMARTS) is 1. The molecule has 0 aliphatic rings. The zero-order valence-electron chi connectivity index (χ0n) is 15.4. The van der Waals surface area contributed by atoms with Crippen molar-refractivity contribution in [1.29, 1.82) is 0 Å². The van der Waals surface area contributed by atoms with E-state index in [0.717, 1.165) is 33.5 Å². The third kappa shape index (κ3) is 4.12. The average molecular weight is 382 g/mol. The molecule has 0 fully saturated rings. The van der Waals surface area contributed by atoms with Gasteiger partial charge in [-0.3, -0.25) is 0 Å². The highest BCUT2D eigenvalue weighted by atomic mass is 16.5. The number of hydrogen-bond donors (Lipinski definition) is 2. The molecule has 0 aromatic heterocycles. The monoisotopic (exact) mass is 382 g/mol. The molecule has 0 heterocycles. The summed E-state index contributed by atoms with van der Waals surface area (Å²) in [6, 6.07) is 26.2. The third-order valence-corrected chi connectivity index (χ3v) is 4.56. The molecule has 0 amide bonds. The molecule has 0 radical (unpaired) electrons. The van der Waals surface area contributed by atoms with Crippen LogP contribution in [0.2, 0.25) is 0 Å². The molecule has 0 saturated carbocycles. The maximum absolute atomic E-state index is 10.7. The Hall–Kier alpha value is -4.05. The quantitative estimate of drug-likeness (QED) is 0.409. The Labute approximate surface area is 167 Å². The Balaban J connectivity index is 1.77. The van der Waals surface area contributed by atoms with Crippen LogP contribution in [0.3, 0.4) is 0 Å². The first-order chi connectivity index (χ1) is 14.1. The Bertz CT molecular complexity index is 1210. The first kappa shape index (κ1) is 18.3. The summed E-state index contributed by atoms with van der Waals surface area (Å²) in [5, 5.41) is 20.7. The minimum Gasteiger partial charge on any atom is -0.508 e. The van der Waals surface area contributed by atoms with Gasteiger partial charge in [0, 0.05) is 17.0 Å². The SMILES string of the molecule is O=C(O)C=Cc1ccc(Oc2c(-c3cccc(O)c3)ccc3ccccc23)cc1. The lowest BCUT2D eigenvalue weighted by Crippen LogP contribution is -1.91. The number of aromatic hydroxyl groups is 1. The minimum atomic E-state index is -0.989. The van der Waals surface area contributed by atoms with Crippen LogP contribution in [-0.2, 0) is 4.79 Å². The van der Waals surface area contributed by atoms with Crippen LogP contribution in [0, 0.1) is 0 Å². The Morgan fingerprint density at radius 2 is 1.66 bits per heavy atom. The largest absolute Gasteiger partial charge is 0.508 e. The molecule has 29 heavy (non-hydrogen) atoms. The van der Waals surface area contributed by atoms with E-state index in [1.54, 1.807) is 42.5 Å². The van der Waals surface area contributed by atoms with Crippen LogP contribution in [-0.4, -0.2) is 16.2 Å². The second-order valence-corrected chi connectivity index (χ2v) is 6.56. The van der Waals surface area contributed by atoms with Gasteiger partial charge in [0.2, 0.25) is 0 Å². The second-order valence-electron chi connectivity index (χ2n) is 6.56. The smallest absolute Gasteiger partial charge is 0.328 e. The fraction of sp³-hybridized carbons (Fsp3) is 0. The van der Waals surface area contributed by atoms with Crippen molar-refractivity contribution in [3.63, 3.8) is 0 Å². The predicted molar refractivity (Wildman–Crippen MR) is 114 cm³/mol. The number of phenols is 1. The highest BCUT2D eigenvalue weighted by Crippen LogP contribution is 2.40. The number of carboxylic acids is 1. The molecule has 0 unspecified atom stereocenters. The molecule has 0 saturated heterocycles. The number of benzene rings is 4. The summed E-state index contributed by atoms with van der Waals surface area (Å²) in [6.07, 6.45) is 2.63. The Kier molecular flexibility index (Phi) is 4.99. The van der Waals surface area contributed by atoms with Gasteiger partial charge in [-0.1, -0.05) is 54.6 Å². The summed E-state index contributed by atoms with van der Waals surface area (Å²) in [5.41, 5.74) is 2.49. The molecule has 4 heteroatoms. The molecule has 0 atom stereocenters. The maximum Gasteiger partial charge on any atom is 0.328 e. The number of fused-ring (bicyclic) bond motifs is 1. The molecule has 142 valence electrons. The molecule has 0 aliphatic carbocycles. The number of hydrogen-bond acceptors (Lipinski definition) is 3. The van der Waals surface area contributed by atoms with Crippen LogP contribution in [0.5, 0.6) is 17.2 Å². The number of aliphatic carboxylic acids is 1. The van der Waals surface area contributed by atoms with Gasteiger partial charge in [0.05, 0.1) is 0 Å². The lowest BCUT2D eigenvalue weighted by atomic mass is 9.99. The van der Waals surface area contributed by atoms with Crippen molar-refractivity contribution in [1.82, 2.24) is 0 Å². The van der Waals surface area contributed by atoms with Crippen molar-refractivity contribution < 1.29 is 19.7 Å². The lowest BCUT2D eigenvalue weighted by Gasteiger charge is -2.15. The second kappa shape index (κ2) is 7.90. The van der Waals surface area contributed by atoms with E-state index in [4.69, 9.17) is 9.84 Å². The number of phenolic OH excluding ortho intramolecular Hbond substituents is 1. The van der Waals surface area contributed by atoms with Gasteiger partial charge in [-0.05, 0) is 52.9 Å². The van der Waals surface area contributed by atoms with E-state index >= 15 is 0 Å². The fourth-order valence-corrected chi connectivity index (χ4v) is 3.19. The maximum atomic E-state index is 10.7. The summed E-state index contributed by atoms with van der Waals surface area (Å²) >= 11 is 0. The molecule has 4 rings (SSSR count). The van der Waals surface area contributed by atoms with Gasteiger partial charge in [0.15, 0.2) is 0 Å². The van der Waals surface area contributed by atoms with E-state index in [0.29, 0.717) is 11.5 Å². The van der Waals surface area contributed by atoms with Gasteiger partial charge in [-0.2, -0.15) is 0 Å². The highest BCUT2D eigenvalue weighted by Gasteiger charge is 2.12. The van der Waals surface area contributed by atoms with E-state index in [9.17, 15) is 9.90 Å². The summed E-state index contributed by atoms with van der Waals surface area (Å²) in [5.74, 6) is 0.533. The first-order valence-corrected chi connectivity index (χ1v) is 9.10. The molecular formula is C25H18O4. The predicted octanol–water partition coefficient (Wildman–Crippen LogP) is 6.10. The summed E-state index contributed by atoms with van der Waals surface area (Å²) in [4.78, 5) is 10.7. The normalized spacial score (nSPS) is 11.0. The van der Waals surface area contributed by atoms with Crippen molar-refractivity contribution in [3.8, 4) is 28.4 Å². The van der Waals surface area contributed by atoms with Crippen molar-refractivity contribution in [2.24, 2.45) is 0 Å². The Morgan fingerprint density at radius 3 is 2.41 bits per heavy atom. The summed E-state index contributed by atoms with van der Waals surface area (Å²) in [6.45, 7) is 0. The molecule has 4 aromatic rings. The molecule has 0 aliphatic heterocycles. The van der Waals surface area contributed by atoms with Crippen molar-refractivity contribution in [3.05, 3.63) is 96.6 Å². The van der Waals surface area contributed by atoms with E-state index < -0.39 is 5.97 Å². The van der Waals surface area contributed by atoms with Crippen LogP contribution >= 0.6 is 0 Å². The van der Waals surface area contributed by atoms with Crippen LogP contribution in [0.15, 0.2) is 91.0 Å². The third-order valence-electron chi connectivity index (χ3n) is 4.56. The van der Waals surface area contributed by atoms with Gasteiger partial charge in [0.1, 0.15) is 17.2 Å². The first-order valence-electron chi connectivity index (χ1n) is 9.10. The van der Waals surface area contributed by atoms with Crippen LogP contribution in [0.4, 0.5) is 0 Å². The van der Waals surface area contributed by atoms with Crippen LogP contribution in [0.25, 0.3) is 28.0 Å². The van der Waals surface area contributed by atoms with Gasteiger partial charge < -0.3 is 14.9 Å². The van der Waals surface area contributed by atoms with Crippen LogP contribution in [0.1, 0.15) is 5.56 Å². The van der Waals surface area contributed by atoms with Crippen molar-refractivity contribution in [2.75, 3.05) is 0 Å². The highest BCUT2D eigenvalue weighted by molar-refractivity contribution is 5.95. The standard InChI is InChI=1S/C25H18O4/c26-20-6-3-5-19(16-20)23-14-11-18-4-1-2-7-22(18)25(23)29-21-12-8-17(9-13-21)10-15-24(27)28/h1-16,26H,(H,27,28). The lowest BCUT2D eigenvalue weighted by molar-refractivity contribution is -0.131. The number of ether oxygens (including phenoxy) is 1. The van der Waals surface area contributed by atoms with Gasteiger partial charge >= 0.3 is 5.97 Å². The van der Waals surface area contributed by atoms with Gasteiger partial charge in [0.25, 0.3) is 0 Å². The zero-order chi connectivity index (χ0) is 20.2. The topological polar surface area (TPSA) is 66.8 Å². The summed E-state index contributed by atoms with van der Waals surface area (Å²) < 4.78 is 6.28. The molecule has 4 nitrogen and oxygen atoms in total. The van der Waals surface area contributed by atoms with Gasteiger partial charge in [-0.15, -0.1) is 0 Å². The fourth-order valence-electron chi connectivity index (χ4n) is 3.19. The zero-order valence-corrected chi connectivity index (χ0v) is 15.4. The Morgan fingerprint density at radius 1 is 0.862 bits per heavy atom. The molecule has 2 N–H and O–H groups in total. The molecule has 0 bridgehead atoms. The van der Waals surface area contributed by atoms with Crippen LogP contribution < -0.4 is 4.74 Å². The molecular weight excluding hydrogens is 364 g/mol. The minimum absolute atomic E-state index is 0.191. The molecule has 4 aromatic carbocycles.